The molecule has 18 heavy (non-hydrogen) atoms. The zero-order valence-electron chi connectivity index (χ0n) is 9.46. The number of fused-ring (bicyclic) bond motifs is 1. The number of rotatable bonds is 1. The molecule has 0 saturated carbocycles. The molecule has 1 heterocycles. The van der Waals surface area contributed by atoms with E-state index in [4.69, 9.17) is 4.42 Å². The molecule has 0 aliphatic heterocycles. The fourth-order valence-corrected chi connectivity index (χ4v) is 2.32. The third-order valence-corrected chi connectivity index (χ3v) is 3.16. The van der Waals surface area contributed by atoms with Crippen molar-refractivity contribution in [3.63, 3.8) is 0 Å². The van der Waals surface area contributed by atoms with E-state index in [1.807, 2.05) is 42.5 Å². The molecule has 0 atom stereocenters. The molecule has 0 N–H and O–H groups in total. The number of thiol groups is 1. The van der Waals surface area contributed by atoms with Crippen LogP contribution in [0.4, 0.5) is 0 Å². The Morgan fingerprint density at radius 3 is 2.33 bits per heavy atom. The van der Waals surface area contributed by atoms with Gasteiger partial charge in [-0.25, -0.2) is 0 Å². The summed E-state index contributed by atoms with van der Waals surface area (Å²) in [4.78, 5) is 12.4. The summed E-state index contributed by atoms with van der Waals surface area (Å²) in [6.07, 6.45) is 0. The molecule has 0 aliphatic carbocycles. The molecule has 1 aromatic heterocycles. The smallest absolute Gasteiger partial charge is 0.201 e. The van der Waals surface area contributed by atoms with Crippen LogP contribution in [0, 0.1) is 0 Å². The van der Waals surface area contributed by atoms with E-state index in [1.165, 1.54) is 0 Å². The highest BCUT2D eigenvalue weighted by Crippen LogP contribution is 2.26. The lowest BCUT2D eigenvalue weighted by Crippen LogP contribution is -2.06. The zero-order chi connectivity index (χ0) is 12.5. The first kappa shape index (κ1) is 11.1. The largest absolute Gasteiger partial charge is 0.449 e. The first-order valence-corrected chi connectivity index (χ1v) is 6.02. The maximum Gasteiger partial charge on any atom is 0.201 e. The lowest BCUT2D eigenvalue weighted by Gasteiger charge is -2.05. The van der Waals surface area contributed by atoms with E-state index in [2.05, 4.69) is 12.6 Å². The van der Waals surface area contributed by atoms with Gasteiger partial charge in [0, 0.05) is 0 Å². The first-order valence-electron chi connectivity index (χ1n) is 5.57. The molecule has 0 unspecified atom stereocenters. The molecule has 3 rings (SSSR count). The van der Waals surface area contributed by atoms with E-state index in [1.54, 1.807) is 12.1 Å². The van der Waals surface area contributed by atoms with Crippen molar-refractivity contribution in [1.82, 2.24) is 0 Å². The van der Waals surface area contributed by atoms with Crippen molar-refractivity contribution < 1.29 is 4.42 Å². The minimum Gasteiger partial charge on any atom is -0.449 e. The summed E-state index contributed by atoms with van der Waals surface area (Å²) in [6, 6.07) is 16.6. The van der Waals surface area contributed by atoms with E-state index >= 15 is 0 Å². The maximum atomic E-state index is 12.4. The van der Waals surface area contributed by atoms with Gasteiger partial charge in [-0.1, -0.05) is 42.5 Å². The first-order chi connectivity index (χ1) is 8.77. The van der Waals surface area contributed by atoms with Gasteiger partial charge < -0.3 is 4.42 Å². The Kier molecular flexibility index (Phi) is 2.68. The molecular weight excluding hydrogens is 244 g/mol. The SMILES string of the molecule is O=c1c(-c2ccccc2)c(S)oc2ccccc12. The Bertz CT molecular complexity index is 760. The topological polar surface area (TPSA) is 30.2 Å². The third kappa shape index (κ3) is 1.73. The lowest BCUT2D eigenvalue weighted by atomic mass is 10.1. The second kappa shape index (κ2) is 4.35. The molecule has 0 radical (unpaired) electrons. The van der Waals surface area contributed by atoms with Crippen molar-refractivity contribution in [3.05, 3.63) is 64.8 Å². The van der Waals surface area contributed by atoms with Crippen LogP contribution in [0.5, 0.6) is 0 Å². The minimum atomic E-state index is -0.0481. The molecule has 0 amide bonds. The van der Waals surface area contributed by atoms with Crippen LogP contribution >= 0.6 is 12.6 Å². The Balaban J connectivity index is 2.41. The van der Waals surface area contributed by atoms with Gasteiger partial charge in [-0.2, -0.15) is 0 Å². The second-order valence-electron chi connectivity index (χ2n) is 3.97. The lowest BCUT2D eigenvalue weighted by molar-refractivity contribution is 0.505. The van der Waals surface area contributed by atoms with E-state index in [9.17, 15) is 4.79 Å². The van der Waals surface area contributed by atoms with E-state index in [0.29, 0.717) is 21.6 Å². The molecule has 0 aliphatic rings. The highest BCUT2D eigenvalue weighted by Gasteiger charge is 2.12. The van der Waals surface area contributed by atoms with Crippen molar-refractivity contribution >= 4 is 23.6 Å². The van der Waals surface area contributed by atoms with Crippen molar-refractivity contribution in [3.8, 4) is 11.1 Å². The van der Waals surface area contributed by atoms with Gasteiger partial charge in [0.1, 0.15) is 5.58 Å². The second-order valence-corrected chi connectivity index (χ2v) is 4.38. The average Bonchev–Trinajstić information content (AvgIpc) is 2.40. The number of benzene rings is 2. The van der Waals surface area contributed by atoms with Gasteiger partial charge in [0.2, 0.25) is 5.43 Å². The highest BCUT2D eigenvalue weighted by molar-refractivity contribution is 7.80. The van der Waals surface area contributed by atoms with E-state index in [0.717, 1.165) is 5.56 Å². The summed E-state index contributed by atoms with van der Waals surface area (Å²) >= 11 is 4.29. The van der Waals surface area contributed by atoms with Crippen LogP contribution in [0.2, 0.25) is 0 Å². The van der Waals surface area contributed by atoms with Gasteiger partial charge in [0.15, 0.2) is 5.09 Å². The Morgan fingerprint density at radius 2 is 1.56 bits per heavy atom. The molecule has 0 fully saturated rings. The molecule has 0 spiro atoms. The maximum absolute atomic E-state index is 12.4. The highest BCUT2D eigenvalue weighted by atomic mass is 32.1. The van der Waals surface area contributed by atoms with Crippen LogP contribution < -0.4 is 5.43 Å². The normalized spacial score (nSPS) is 10.7. The van der Waals surface area contributed by atoms with Crippen molar-refractivity contribution in [2.24, 2.45) is 0 Å². The number of hydrogen-bond acceptors (Lipinski definition) is 3. The van der Waals surface area contributed by atoms with Gasteiger partial charge >= 0.3 is 0 Å². The quantitative estimate of drug-likeness (QED) is 0.670. The van der Waals surface area contributed by atoms with Crippen LogP contribution in [-0.2, 0) is 0 Å². The number of hydrogen-bond donors (Lipinski definition) is 1. The molecule has 2 aromatic carbocycles. The molecular formula is C15H10O2S. The summed E-state index contributed by atoms with van der Waals surface area (Å²) in [5, 5.41) is 0.930. The number of para-hydroxylation sites is 1. The third-order valence-electron chi connectivity index (χ3n) is 2.84. The van der Waals surface area contributed by atoms with Crippen LogP contribution in [0.3, 0.4) is 0 Å². The summed E-state index contributed by atoms with van der Waals surface area (Å²) < 4.78 is 5.59. The Hall–Kier alpha value is -2.00. The molecule has 2 nitrogen and oxygen atoms in total. The van der Waals surface area contributed by atoms with Crippen LogP contribution in [0.15, 0.2) is 68.9 Å². The summed E-state index contributed by atoms with van der Waals surface area (Å²) in [5.41, 5.74) is 1.85. The van der Waals surface area contributed by atoms with Crippen LogP contribution in [-0.4, -0.2) is 0 Å². The van der Waals surface area contributed by atoms with Gasteiger partial charge in [0.25, 0.3) is 0 Å². The van der Waals surface area contributed by atoms with E-state index < -0.39 is 0 Å². The average molecular weight is 254 g/mol. The molecule has 3 heteroatoms. The summed E-state index contributed by atoms with van der Waals surface area (Å²) in [7, 11) is 0. The van der Waals surface area contributed by atoms with Gasteiger partial charge in [-0.15, -0.1) is 12.6 Å². The fraction of sp³-hybridized carbons (Fsp3) is 0. The standard InChI is InChI=1S/C15H10O2S/c16-14-11-8-4-5-9-12(11)17-15(18)13(14)10-6-2-1-3-7-10/h1-9,18H. The van der Waals surface area contributed by atoms with Crippen LogP contribution in [0.1, 0.15) is 0 Å². The van der Waals surface area contributed by atoms with Crippen LogP contribution in [0.25, 0.3) is 22.1 Å². The van der Waals surface area contributed by atoms with Gasteiger partial charge in [0.05, 0.1) is 10.9 Å². The molecule has 0 saturated heterocycles. The molecule has 0 bridgehead atoms. The fourth-order valence-electron chi connectivity index (χ4n) is 1.99. The summed E-state index contributed by atoms with van der Waals surface area (Å²) in [6.45, 7) is 0. The molecule has 88 valence electrons. The zero-order valence-corrected chi connectivity index (χ0v) is 10.4. The molecule has 3 aromatic rings. The predicted molar refractivity (Wildman–Crippen MR) is 75.2 cm³/mol. The van der Waals surface area contributed by atoms with Crippen molar-refractivity contribution in [1.29, 1.82) is 0 Å². The van der Waals surface area contributed by atoms with Crippen molar-refractivity contribution in [2.45, 2.75) is 5.09 Å². The monoisotopic (exact) mass is 254 g/mol. The van der Waals surface area contributed by atoms with Gasteiger partial charge in [-0.05, 0) is 17.7 Å². The van der Waals surface area contributed by atoms with Gasteiger partial charge in [-0.3, -0.25) is 4.79 Å². The van der Waals surface area contributed by atoms with Crippen molar-refractivity contribution in [2.75, 3.05) is 0 Å². The summed E-state index contributed by atoms with van der Waals surface area (Å²) in [5.74, 6) is 0. The Labute approximate surface area is 109 Å². The predicted octanol–water partition coefficient (Wildman–Crippen LogP) is 3.75. The Morgan fingerprint density at radius 1 is 0.889 bits per heavy atom. The minimum absolute atomic E-state index is 0.0481. The van der Waals surface area contributed by atoms with E-state index in [-0.39, 0.29) is 5.43 Å².